The summed E-state index contributed by atoms with van der Waals surface area (Å²) in [4.78, 5) is 29.1. The molecule has 1 amide bonds. The molecule has 0 spiro atoms. The summed E-state index contributed by atoms with van der Waals surface area (Å²) < 4.78 is 31.6. The molecule has 30 heavy (non-hydrogen) atoms. The Morgan fingerprint density at radius 3 is 2.40 bits per heavy atom. The predicted molar refractivity (Wildman–Crippen MR) is 112 cm³/mol. The second-order valence-electron chi connectivity index (χ2n) is 6.87. The largest absolute Gasteiger partial charge is 0.337 e. The number of nitrogens with one attached hydrogen (secondary N) is 2. The lowest BCUT2D eigenvalue weighted by Gasteiger charge is -2.07. The van der Waals surface area contributed by atoms with Crippen molar-refractivity contribution in [3.8, 4) is 5.69 Å². The Morgan fingerprint density at radius 2 is 1.80 bits per heavy atom. The molecule has 2 aromatic heterocycles. The minimum Gasteiger partial charge on any atom is -0.337 e. The Hall–Kier alpha value is -3.18. The van der Waals surface area contributed by atoms with E-state index in [2.05, 4.69) is 15.0 Å². The molecule has 0 atom stereocenters. The Kier molecular flexibility index (Phi) is 5.94. The van der Waals surface area contributed by atoms with E-state index in [1.165, 1.54) is 10.9 Å². The van der Waals surface area contributed by atoms with Crippen molar-refractivity contribution < 1.29 is 13.2 Å². The van der Waals surface area contributed by atoms with Gasteiger partial charge in [-0.15, -0.1) is 0 Å². The van der Waals surface area contributed by atoms with Gasteiger partial charge in [-0.25, -0.2) is 22.8 Å². The number of imidazole rings is 1. The smallest absolute Gasteiger partial charge is 0.295 e. The van der Waals surface area contributed by atoms with Gasteiger partial charge in [0.2, 0.25) is 5.91 Å². The molecule has 0 saturated heterocycles. The standard InChI is InChI=1S/C19H24N6O4S/c1-13-18(19(27)25(24(13)4)15-8-6-5-7-9-15)22-16(26)10-11-20-30(28,29)17-12-23(3)14(2)21-17/h5-9,12,20H,10-11H2,1-4H3,(H,22,26). The summed E-state index contributed by atoms with van der Waals surface area (Å²) >= 11 is 0. The number of sulfonamides is 1. The van der Waals surface area contributed by atoms with Crippen LogP contribution in [0, 0.1) is 13.8 Å². The molecule has 11 heteroatoms. The number of carbonyl (C=O) groups is 1. The summed E-state index contributed by atoms with van der Waals surface area (Å²) in [5, 5.41) is 2.50. The maximum absolute atomic E-state index is 12.8. The summed E-state index contributed by atoms with van der Waals surface area (Å²) in [6, 6.07) is 9.07. The van der Waals surface area contributed by atoms with Gasteiger partial charge in [0.1, 0.15) is 11.5 Å². The van der Waals surface area contributed by atoms with Crippen LogP contribution in [-0.2, 0) is 28.9 Å². The molecule has 3 rings (SSSR count). The number of carbonyl (C=O) groups excluding carboxylic acids is 1. The lowest BCUT2D eigenvalue weighted by Crippen LogP contribution is -2.29. The zero-order valence-electron chi connectivity index (χ0n) is 17.2. The minimum atomic E-state index is -3.82. The van der Waals surface area contributed by atoms with Crippen LogP contribution in [0.4, 0.5) is 5.69 Å². The molecule has 10 nitrogen and oxygen atoms in total. The number of nitrogens with zero attached hydrogens (tertiary/aromatic N) is 4. The predicted octanol–water partition coefficient (Wildman–Crippen LogP) is 0.833. The highest BCUT2D eigenvalue weighted by molar-refractivity contribution is 7.89. The fourth-order valence-electron chi connectivity index (χ4n) is 2.94. The number of anilines is 1. The van der Waals surface area contributed by atoms with E-state index in [9.17, 15) is 18.0 Å². The van der Waals surface area contributed by atoms with E-state index in [4.69, 9.17) is 0 Å². The van der Waals surface area contributed by atoms with Crippen molar-refractivity contribution in [1.82, 2.24) is 23.6 Å². The van der Waals surface area contributed by atoms with E-state index >= 15 is 0 Å². The van der Waals surface area contributed by atoms with Crippen LogP contribution >= 0.6 is 0 Å². The zero-order valence-corrected chi connectivity index (χ0v) is 18.0. The SMILES string of the molecule is Cc1nc(S(=O)(=O)NCCC(=O)Nc2c(C)n(C)n(-c3ccccc3)c2=O)cn1C. The third kappa shape index (κ3) is 4.21. The van der Waals surface area contributed by atoms with Gasteiger partial charge in [-0.05, 0) is 26.0 Å². The average Bonchev–Trinajstić information content (AvgIpc) is 3.14. The first kappa shape index (κ1) is 21.5. The summed E-state index contributed by atoms with van der Waals surface area (Å²) in [7, 11) is -0.399. The van der Waals surface area contributed by atoms with Crippen LogP contribution in [0.2, 0.25) is 0 Å². The van der Waals surface area contributed by atoms with Gasteiger partial charge in [0.25, 0.3) is 15.6 Å². The fourth-order valence-corrected chi connectivity index (χ4v) is 4.01. The first-order valence-corrected chi connectivity index (χ1v) is 10.7. The highest BCUT2D eigenvalue weighted by atomic mass is 32.2. The van der Waals surface area contributed by atoms with Crippen LogP contribution in [0.25, 0.3) is 5.69 Å². The lowest BCUT2D eigenvalue weighted by atomic mass is 10.3. The number of rotatable bonds is 7. The maximum Gasteiger partial charge on any atom is 0.295 e. The molecule has 160 valence electrons. The Labute approximate surface area is 174 Å². The van der Waals surface area contributed by atoms with Crippen molar-refractivity contribution in [2.24, 2.45) is 14.1 Å². The minimum absolute atomic E-state index is 0.104. The number of hydrogen-bond donors (Lipinski definition) is 2. The van der Waals surface area contributed by atoms with E-state index in [-0.39, 0.29) is 29.2 Å². The van der Waals surface area contributed by atoms with Gasteiger partial charge < -0.3 is 9.88 Å². The van der Waals surface area contributed by atoms with E-state index in [0.29, 0.717) is 17.2 Å². The van der Waals surface area contributed by atoms with E-state index in [1.54, 1.807) is 49.3 Å². The van der Waals surface area contributed by atoms with Crippen molar-refractivity contribution in [2.75, 3.05) is 11.9 Å². The van der Waals surface area contributed by atoms with Gasteiger partial charge >= 0.3 is 0 Å². The van der Waals surface area contributed by atoms with Gasteiger partial charge in [0.15, 0.2) is 5.03 Å². The van der Waals surface area contributed by atoms with Crippen LogP contribution < -0.4 is 15.6 Å². The van der Waals surface area contributed by atoms with Crippen molar-refractivity contribution in [3.05, 3.63) is 58.4 Å². The van der Waals surface area contributed by atoms with Gasteiger partial charge in [-0.2, -0.15) is 0 Å². The third-order valence-corrected chi connectivity index (χ3v) is 6.16. The van der Waals surface area contributed by atoms with Gasteiger partial charge in [-0.3, -0.25) is 14.3 Å². The summed E-state index contributed by atoms with van der Waals surface area (Å²) in [6.45, 7) is 3.29. The third-order valence-electron chi connectivity index (χ3n) is 4.82. The molecule has 0 unspecified atom stereocenters. The highest BCUT2D eigenvalue weighted by Gasteiger charge is 2.20. The Morgan fingerprint density at radius 1 is 1.13 bits per heavy atom. The average molecular weight is 433 g/mol. The van der Waals surface area contributed by atoms with Crippen LogP contribution in [0.3, 0.4) is 0 Å². The topological polar surface area (TPSA) is 120 Å². The molecule has 3 aromatic rings. The second kappa shape index (κ2) is 8.28. The summed E-state index contributed by atoms with van der Waals surface area (Å²) in [5.74, 6) is 0.0864. The number of aromatic nitrogens is 4. The monoisotopic (exact) mass is 432 g/mol. The second-order valence-corrected chi connectivity index (χ2v) is 8.58. The molecular formula is C19H24N6O4S. The maximum atomic E-state index is 12.8. The zero-order chi connectivity index (χ0) is 22.1. The van der Waals surface area contributed by atoms with Crippen molar-refractivity contribution in [3.63, 3.8) is 0 Å². The first-order valence-electron chi connectivity index (χ1n) is 9.25. The Balaban J connectivity index is 1.68. The molecule has 0 aliphatic heterocycles. The number of hydrogen-bond acceptors (Lipinski definition) is 5. The van der Waals surface area contributed by atoms with Crippen molar-refractivity contribution >= 4 is 21.6 Å². The van der Waals surface area contributed by atoms with Crippen molar-refractivity contribution in [2.45, 2.75) is 25.3 Å². The van der Waals surface area contributed by atoms with Crippen LogP contribution in [0.15, 0.2) is 46.3 Å². The summed E-state index contributed by atoms with van der Waals surface area (Å²) in [5.41, 5.74) is 1.06. The molecule has 2 N–H and O–H groups in total. The molecule has 1 aromatic carbocycles. The number of benzene rings is 1. The number of amides is 1. The number of para-hydroxylation sites is 1. The Bertz CT molecular complexity index is 1220. The van der Waals surface area contributed by atoms with Crippen LogP contribution in [-0.4, -0.2) is 39.8 Å². The highest BCUT2D eigenvalue weighted by Crippen LogP contribution is 2.14. The summed E-state index contributed by atoms with van der Waals surface area (Å²) in [6.07, 6.45) is 1.27. The first-order chi connectivity index (χ1) is 14.1. The molecule has 0 aliphatic rings. The van der Waals surface area contributed by atoms with Crippen LogP contribution in [0.1, 0.15) is 17.9 Å². The molecule has 2 heterocycles. The molecular weight excluding hydrogens is 408 g/mol. The lowest BCUT2D eigenvalue weighted by molar-refractivity contribution is -0.116. The van der Waals surface area contributed by atoms with E-state index in [1.807, 2.05) is 18.2 Å². The fraction of sp³-hybridized carbons (Fsp3) is 0.316. The van der Waals surface area contributed by atoms with E-state index in [0.717, 1.165) is 0 Å². The molecule has 0 aliphatic carbocycles. The van der Waals surface area contributed by atoms with Crippen molar-refractivity contribution in [1.29, 1.82) is 0 Å². The molecule has 0 saturated carbocycles. The quantitative estimate of drug-likeness (QED) is 0.573. The van der Waals surface area contributed by atoms with Gasteiger partial charge in [-0.1, -0.05) is 18.2 Å². The molecule has 0 radical (unpaired) electrons. The normalized spacial score (nSPS) is 11.6. The van der Waals surface area contributed by atoms with Crippen LogP contribution in [0.5, 0.6) is 0 Å². The van der Waals surface area contributed by atoms with Gasteiger partial charge in [0, 0.05) is 33.3 Å². The molecule has 0 bridgehead atoms. The molecule has 0 fully saturated rings. The van der Waals surface area contributed by atoms with E-state index < -0.39 is 15.9 Å². The number of aryl methyl sites for hydroxylation is 2. The van der Waals surface area contributed by atoms with Gasteiger partial charge in [0.05, 0.1) is 11.4 Å².